The molecule has 0 fully saturated rings. The van der Waals surface area contributed by atoms with Gasteiger partial charge >= 0.3 is 5.63 Å². The molecular weight excluding hydrogens is 320 g/mol. The van der Waals surface area contributed by atoms with Gasteiger partial charge < -0.3 is 9.15 Å². The van der Waals surface area contributed by atoms with E-state index in [9.17, 15) is 9.59 Å². The van der Waals surface area contributed by atoms with Crippen LogP contribution in [0.25, 0.3) is 11.0 Å². The molecule has 2 rings (SSSR count). The number of aryl methyl sites for hydroxylation is 1. The SMILES string of the molecule is CCCC(CCC)=NNC(=O)COc1ccc2c(C)cc(=O)oc2c1. The molecule has 25 heavy (non-hydrogen) atoms. The first-order valence-corrected chi connectivity index (χ1v) is 8.55. The molecule has 6 heteroatoms. The lowest BCUT2D eigenvalue weighted by molar-refractivity contribution is -0.123. The van der Waals surface area contributed by atoms with Gasteiger partial charge in [-0.1, -0.05) is 26.7 Å². The highest BCUT2D eigenvalue weighted by Crippen LogP contribution is 2.22. The van der Waals surface area contributed by atoms with Crippen LogP contribution in [0.1, 0.15) is 45.1 Å². The summed E-state index contributed by atoms with van der Waals surface area (Å²) in [5, 5.41) is 5.00. The van der Waals surface area contributed by atoms with Gasteiger partial charge in [-0.2, -0.15) is 5.10 Å². The molecule has 1 aromatic carbocycles. The molecular formula is C19H24N2O4. The molecule has 0 aliphatic carbocycles. The number of nitrogens with one attached hydrogen (secondary N) is 1. The van der Waals surface area contributed by atoms with Gasteiger partial charge in [-0.25, -0.2) is 10.2 Å². The van der Waals surface area contributed by atoms with Crippen molar-refractivity contribution in [3.8, 4) is 5.75 Å². The molecule has 1 aromatic heterocycles. The fourth-order valence-electron chi connectivity index (χ4n) is 2.53. The number of amides is 1. The van der Waals surface area contributed by atoms with Gasteiger partial charge in [0.15, 0.2) is 6.61 Å². The Balaban J connectivity index is 1.98. The van der Waals surface area contributed by atoms with Gasteiger partial charge in [-0.3, -0.25) is 4.79 Å². The van der Waals surface area contributed by atoms with Crippen LogP contribution in [-0.4, -0.2) is 18.2 Å². The summed E-state index contributed by atoms with van der Waals surface area (Å²) in [5.41, 5.74) is 4.38. The maximum absolute atomic E-state index is 11.9. The minimum Gasteiger partial charge on any atom is -0.484 e. The predicted octanol–water partition coefficient (Wildman–Crippen LogP) is 3.55. The van der Waals surface area contributed by atoms with Crippen molar-refractivity contribution in [3.05, 3.63) is 40.2 Å². The lowest BCUT2D eigenvalue weighted by Gasteiger charge is -2.08. The Hall–Kier alpha value is -2.63. The molecule has 0 saturated heterocycles. The van der Waals surface area contributed by atoms with Gasteiger partial charge in [0.05, 0.1) is 0 Å². The molecule has 2 aromatic rings. The summed E-state index contributed by atoms with van der Waals surface area (Å²) in [6, 6.07) is 6.60. The Labute approximate surface area is 146 Å². The standard InChI is InChI=1S/C19H24N2O4/c1-4-6-14(7-5-2)20-21-18(22)12-24-15-8-9-16-13(3)10-19(23)25-17(16)11-15/h8-11H,4-7,12H2,1-3H3,(H,21,22). The normalized spacial score (nSPS) is 10.5. The summed E-state index contributed by atoms with van der Waals surface area (Å²) in [7, 11) is 0. The first-order valence-electron chi connectivity index (χ1n) is 8.55. The summed E-state index contributed by atoms with van der Waals surface area (Å²) < 4.78 is 10.6. The molecule has 1 N–H and O–H groups in total. The lowest BCUT2D eigenvalue weighted by Crippen LogP contribution is -2.25. The smallest absolute Gasteiger partial charge is 0.336 e. The first kappa shape index (κ1) is 18.7. The van der Waals surface area contributed by atoms with Crippen LogP contribution in [0.15, 0.2) is 38.6 Å². The van der Waals surface area contributed by atoms with Crippen molar-refractivity contribution in [2.24, 2.45) is 5.10 Å². The highest BCUT2D eigenvalue weighted by Gasteiger charge is 2.07. The summed E-state index contributed by atoms with van der Waals surface area (Å²) >= 11 is 0. The van der Waals surface area contributed by atoms with Crippen molar-refractivity contribution in [3.63, 3.8) is 0 Å². The fourth-order valence-corrected chi connectivity index (χ4v) is 2.53. The van der Waals surface area contributed by atoms with Crippen LogP contribution in [-0.2, 0) is 4.79 Å². The fraction of sp³-hybridized carbons (Fsp3) is 0.421. The quantitative estimate of drug-likeness (QED) is 0.451. The van der Waals surface area contributed by atoms with Gasteiger partial charge in [0.2, 0.25) is 0 Å². The van der Waals surface area contributed by atoms with Gasteiger partial charge in [-0.05, 0) is 37.5 Å². The Morgan fingerprint density at radius 3 is 2.60 bits per heavy atom. The molecule has 0 unspecified atom stereocenters. The minimum absolute atomic E-state index is 0.156. The predicted molar refractivity (Wildman–Crippen MR) is 98.1 cm³/mol. The number of rotatable bonds is 8. The second kappa shape index (κ2) is 9.01. The van der Waals surface area contributed by atoms with Crippen LogP contribution < -0.4 is 15.8 Å². The van der Waals surface area contributed by atoms with Crippen LogP contribution in [0.5, 0.6) is 5.75 Å². The Bertz CT molecular complexity index is 816. The van der Waals surface area contributed by atoms with Gasteiger partial charge in [0.25, 0.3) is 5.91 Å². The number of nitrogens with zero attached hydrogens (tertiary/aromatic N) is 1. The van der Waals surface area contributed by atoms with E-state index >= 15 is 0 Å². The zero-order valence-electron chi connectivity index (χ0n) is 14.9. The van der Waals surface area contributed by atoms with Gasteiger partial charge in [-0.15, -0.1) is 0 Å². The summed E-state index contributed by atoms with van der Waals surface area (Å²) in [6.07, 6.45) is 3.73. The Morgan fingerprint density at radius 1 is 1.20 bits per heavy atom. The second-order valence-corrected chi connectivity index (χ2v) is 5.91. The van der Waals surface area contributed by atoms with Crippen molar-refractivity contribution >= 4 is 22.6 Å². The number of benzene rings is 1. The molecule has 0 aliphatic rings. The molecule has 0 saturated carbocycles. The third-order valence-corrected chi connectivity index (χ3v) is 3.71. The van der Waals surface area contributed by atoms with Crippen LogP contribution in [0.2, 0.25) is 0 Å². The average Bonchev–Trinajstić information content (AvgIpc) is 2.57. The topological polar surface area (TPSA) is 80.9 Å². The average molecular weight is 344 g/mol. The number of carbonyl (C=O) groups is 1. The number of ether oxygens (including phenoxy) is 1. The molecule has 1 amide bonds. The highest BCUT2D eigenvalue weighted by molar-refractivity contribution is 5.86. The summed E-state index contributed by atoms with van der Waals surface area (Å²) in [4.78, 5) is 23.3. The van der Waals surface area contributed by atoms with E-state index in [0.717, 1.165) is 42.3 Å². The monoisotopic (exact) mass is 344 g/mol. The highest BCUT2D eigenvalue weighted by atomic mass is 16.5. The molecule has 0 aliphatic heterocycles. The van der Waals surface area contributed by atoms with E-state index in [2.05, 4.69) is 24.4 Å². The number of carbonyl (C=O) groups excluding carboxylic acids is 1. The zero-order chi connectivity index (χ0) is 18.2. The Kier molecular flexibility index (Phi) is 6.74. The van der Waals surface area contributed by atoms with Gasteiger partial charge in [0.1, 0.15) is 11.3 Å². The van der Waals surface area contributed by atoms with E-state index in [1.54, 1.807) is 18.2 Å². The minimum atomic E-state index is -0.409. The molecule has 0 radical (unpaired) electrons. The van der Waals surface area contributed by atoms with E-state index in [4.69, 9.17) is 9.15 Å². The maximum atomic E-state index is 11.9. The van der Waals surface area contributed by atoms with Crippen LogP contribution >= 0.6 is 0 Å². The van der Waals surface area contributed by atoms with E-state index in [0.29, 0.717) is 11.3 Å². The van der Waals surface area contributed by atoms with E-state index < -0.39 is 5.63 Å². The van der Waals surface area contributed by atoms with Gasteiger partial charge in [0, 0.05) is 23.2 Å². The molecule has 0 spiro atoms. The molecule has 1 heterocycles. The van der Waals surface area contributed by atoms with E-state index in [-0.39, 0.29) is 12.5 Å². The van der Waals surface area contributed by atoms with Crippen LogP contribution in [0.4, 0.5) is 0 Å². The third kappa shape index (κ3) is 5.45. The second-order valence-electron chi connectivity index (χ2n) is 5.91. The number of hydrogen-bond acceptors (Lipinski definition) is 5. The summed E-state index contributed by atoms with van der Waals surface area (Å²) in [5.74, 6) is 0.137. The number of hydrazone groups is 1. The largest absolute Gasteiger partial charge is 0.484 e. The maximum Gasteiger partial charge on any atom is 0.336 e. The first-order chi connectivity index (χ1) is 12.0. The van der Waals surface area contributed by atoms with Crippen molar-refractivity contribution in [2.45, 2.75) is 46.5 Å². The van der Waals surface area contributed by atoms with Crippen LogP contribution in [0, 0.1) is 6.92 Å². The molecule has 6 nitrogen and oxygen atoms in total. The lowest BCUT2D eigenvalue weighted by atomic mass is 10.1. The number of hydrogen-bond donors (Lipinski definition) is 1. The van der Waals surface area contributed by atoms with Crippen molar-refractivity contribution < 1.29 is 13.9 Å². The number of fused-ring (bicyclic) bond motifs is 1. The third-order valence-electron chi connectivity index (χ3n) is 3.71. The van der Waals surface area contributed by atoms with E-state index in [1.807, 2.05) is 6.92 Å². The Morgan fingerprint density at radius 2 is 1.92 bits per heavy atom. The van der Waals surface area contributed by atoms with Crippen molar-refractivity contribution in [2.75, 3.05) is 6.61 Å². The van der Waals surface area contributed by atoms with Crippen molar-refractivity contribution in [1.82, 2.24) is 5.43 Å². The van der Waals surface area contributed by atoms with Crippen molar-refractivity contribution in [1.29, 1.82) is 0 Å². The molecule has 0 bridgehead atoms. The molecule has 0 atom stereocenters. The molecule has 134 valence electrons. The van der Waals surface area contributed by atoms with E-state index in [1.165, 1.54) is 6.07 Å². The summed E-state index contributed by atoms with van der Waals surface area (Å²) in [6.45, 7) is 5.85. The van der Waals surface area contributed by atoms with Crippen LogP contribution in [0.3, 0.4) is 0 Å². The zero-order valence-corrected chi connectivity index (χ0v) is 14.9.